The van der Waals surface area contributed by atoms with Gasteiger partial charge in [0, 0.05) is 24.3 Å². The van der Waals surface area contributed by atoms with Crippen molar-refractivity contribution in [3.05, 3.63) is 35.9 Å². The van der Waals surface area contributed by atoms with Gasteiger partial charge in [0.15, 0.2) is 0 Å². The van der Waals surface area contributed by atoms with Crippen LogP contribution in [0, 0.1) is 5.92 Å². The second-order valence-electron chi connectivity index (χ2n) is 5.28. The van der Waals surface area contributed by atoms with Gasteiger partial charge in [-0.05, 0) is 23.7 Å². The lowest BCUT2D eigenvalue weighted by Crippen LogP contribution is -2.21. The van der Waals surface area contributed by atoms with Crippen LogP contribution in [0.1, 0.15) is 31.7 Å². The van der Waals surface area contributed by atoms with Crippen LogP contribution in [-0.4, -0.2) is 24.1 Å². The van der Waals surface area contributed by atoms with Crippen molar-refractivity contribution in [2.24, 2.45) is 5.92 Å². The van der Waals surface area contributed by atoms with E-state index in [1.807, 2.05) is 0 Å². The minimum atomic E-state index is 0.733. The van der Waals surface area contributed by atoms with Crippen LogP contribution >= 0.6 is 11.8 Å². The first-order valence-corrected chi connectivity index (χ1v) is 7.79. The Morgan fingerprint density at radius 2 is 2.06 bits per heavy atom. The van der Waals surface area contributed by atoms with Crippen molar-refractivity contribution < 1.29 is 0 Å². The largest absolute Gasteiger partial charge is 0.313 e. The summed E-state index contributed by atoms with van der Waals surface area (Å²) >= 11 is 2.07. The summed E-state index contributed by atoms with van der Waals surface area (Å²) in [4.78, 5) is 0. The van der Waals surface area contributed by atoms with Gasteiger partial charge in [0.1, 0.15) is 0 Å². The number of thioether (sulfide) groups is 1. The molecule has 1 aliphatic carbocycles. The SMILES string of the molecule is CC(C)CSCCN[C@@H]1C[C@H]1c1ccccc1. The van der Waals surface area contributed by atoms with Gasteiger partial charge in [0.2, 0.25) is 0 Å². The molecule has 0 radical (unpaired) electrons. The molecule has 1 aromatic carbocycles. The normalized spacial score (nSPS) is 23.0. The zero-order valence-electron chi connectivity index (χ0n) is 10.9. The van der Waals surface area contributed by atoms with Crippen molar-refractivity contribution in [3.63, 3.8) is 0 Å². The lowest BCUT2D eigenvalue weighted by atomic mass is 10.1. The minimum Gasteiger partial charge on any atom is -0.313 e. The fraction of sp³-hybridized carbons (Fsp3) is 0.600. The molecule has 0 amide bonds. The second kappa shape index (κ2) is 6.46. The van der Waals surface area contributed by atoms with Crippen molar-refractivity contribution in [1.29, 1.82) is 0 Å². The molecule has 2 atom stereocenters. The van der Waals surface area contributed by atoms with E-state index in [0.717, 1.165) is 24.4 Å². The Kier molecular flexibility index (Phi) is 4.93. The Bertz CT molecular complexity index is 323. The molecule has 17 heavy (non-hydrogen) atoms. The molecule has 1 aromatic rings. The van der Waals surface area contributed by atoms with Crippen molar-refractivity contribution in [2.75, 3.05) is 18.1 Å². The van der Waals surface area contributed by atoms with E-state index in [0.29, 0.717) is 0 Å². The van der Waals surface area contributed by atoms with Crippen molar-refractivity contribution in [3.8, 4) is 0 Å². The third-order valence-electron chi connectivity index (χ3n) is 3.12. The van der Waals surface area contributed by atoms with Crippen LogP contribution in [0.25, 0.3) is 0 Å². The molecule has 0 aromatic heterocycles. The maximum atomic E-state index is 3.66. The van der Waals surface area contributed by atoms with Gasteiger partial charge < -0.3 is 5.32 Å². The molecule has 1 nitrogen and oxygen atoms in total. The molecule has 0 spiro atoms. The smallest absolute Gasteiger partial charge is 0.0143 e. The number of hydrogen-bond donors (Lipinski definition) is 1. The van der Waals surface area contributed by atoms with E-state index < -0.39 is 0 Å². The van der Waals surface area contributed by atoms with E-state index in [-0.39, 0.29) is 0 Å². The fourth-order valence-corrected chi connectivity index (χ4v) is 3.03. The van der Waals surface area contributed by atoms with E-state index in [1.165, 1.54) is 23.5 Å². The van der Waals surface area contributed by atoms with E-state index in [4.69, 9.17) is 0 Å². The molecule has 0 saturated heterocycles. The number of benzene rings is 1. The first-order valence-electron chi connectivity index (χ1n) is 6.63. The van der Waals surface area contributed by atoms with Gasteiger partial charge in [-0.1, -0.05) is 44.2 Å². The summed E-state index contributed by atoms with van der Waals surface area (Å²) in [6, 6.07) is 11.6. The van der Waals surface area contributed by atoms with Crippen molar-refractivity contribution in [1.82, 2.24) is 5.32 Å². The third-order valence-corrected chi connectivity index (χ3v) is 4.52. The van der Waals surface area contributed by atoms with Gasteiger partial charge in [-0.2, -0.15) is 11.8 Å². The number of hydrogen-bond acceptors (Lipinski definition) is 2. The topological polar surface area (TPSA) is 12.0 Å². The van der Waals surface area contributed by atoms with Gasteiger partial charge in [0.25, 0.3) is 0 Å². The van der Waals surface area contributed by atoms with E-state index in [2.05, 4.69) is 61.3 Å². The molecule has 1 saturated carbocycles. The average Bonchev–Trinajstić information content (AvgIpc) is 3.09. The highest BCUT2D eigenvalue weighted by molar-refractivity contribution is 7.99. The molecule has 94 valence electrons. The van der Waals surface area contributed by atoms with Crippen LogP contribution in [0.4, 0.5) is 0 Å². The third kappa shape index (κ3) is 4.36. The number of nitrogens with one attached hydrogen (secondary N) is 1. The standard InChI is InChI=1S/C15H23NS/c1-12(2)11-17-9-8-16-15-10-14(15)13-6-4-3-5-7-13/h3-7,12,14-16H,8-11H2,1-2H3/t14-,15+/m0/s1. The maximum absolute atomic E-state index is 3.66. The predicted octanol–water partition coefficient (Wildman–Crippen LogP) is 3.52. The quantitative estimate of drug-likeness (QED) is 0.742. The highest BCUT2D eigenvalue weighted by Crippen LogP contribution is 2.40. The summed E-state index contributed by atoms with van der Waals surface area (Å²) in [6.45, 7) is 5.73. The summed E-state index contributed by atoms with van der Waals surface area (Å²) in [7, 11) is 0. The van der Waals surface area contributed by atoms with E-state index in [9.17, 15) is 0 Å². The maximum Gasteiger partial charge on any atom is 0.0143 e. The van der Waals surface area contributed by atoms with E-state index in [1.54, 1.807) is 0 Å². The predicted molar refractivity (Wildman–Crippen MR) is 77.8 cm³/mol. The zero-order valence-corrected chi connectivity index (χ0v) is 11.7. The monoisotopic (exact) mass is 249 g/mol. The van der Waals surface area contributed by atoms with Crippen molar-refractivity contribution in [2.45, 2.75) is 32.2 Å². The molecule has 2 rings (SSSR count). The molecule has 0 heterocycles. The summed E-state index contributed by atoms with van der Waals surface area (Å²) in [5.74, 6) is 4.12. The van der Waals surface area contributed by atoms with Crippen molar-refractivity contribution >= 4 is 11.8 Å². The van der Waals surface area contributed by atoms with Crippen LogP contribution in [-0.2, 0) is 0 Å². The summed E-state index contributed by atoms with van der Waals surface area (Å²) < 4.78 is 0. The molecule has 1 N–H and O–H groups in total. The van der Waals surface area contributed by atoms with Gasteiger partial charge in [-0.3, -0.25) is 0 Å². The van der Waals surface area contributed by atoms with Crippen LogP contribution in [0.15, 0.2) is 30.3 Å². The molecule has 0 unspecified atom stereocenters. The average molecular weight is 249 g/mol. The van der Waals surface area contributed by atoms with Gasteiger partial charge in [0.05, 0.1) is 0 Å². The Morgan fingerprint density at radius 3 is 2.76 bits per heavy atom. The molecule has 1 aliphatic rings. The summed E-state index contributed by atoms with van der Waals surface area (Å²) in [5.41, 5.74) is 1.50. The Balaban J connectivity index is 1.58. The molecule has 1 fully saturated rings. The lowest BCUT2D eigenvalue weighted by molar-refractivity contribution is 0.705. The van der Waals surface area contributed by atoms with Gasteiger partial charge in [-0.25, -0.2) is 0 Å². The molecule has 0 bridgehead atoms. The highest BCUT2D eigenvalue weighted by atomic mass is 32.2. The Morgan fingerprint density at radius 1 is 1.29 bits per heavy atom. The Labute approximate surface area is 109 Å². The molecular weight excluding hydrogens is 226 g/mol. The second-order valence-corrected chi connectivity index (χ2v) is 6.43. The number of rotatable bonds is 7. The molecular formula is C15H23NS. The summed E-state index contributed by atoms with van der Waals surface area (Å²) in [6.07, 6.45) is 1.32. The molecule has 2 heteroatoms. The molecule has 0 aliphatic heterocycles. The minimum absolute atomic E-state index is 0.733. The Hall–Kier alpha value is -0.470. The van der Waals surface area contributed by atoms with E-state index >= 15 is 0 Å². The summed E-state index contributed by atoms with van der Waals surface area (Å²) in [5, 5.41) is 3.66. The highest BCUT2D eigenvalue weighted by Gasteiger charge is 2.37. The zero-order chi connectivity index (χ0) is 12.1. The lowest BCUT2D eigenvalue weighted by Gasteiger charge is -2.06. The van der Waals surface area contributed by atoms with Gasteiger partial charge >= 0.3 is 0 Å². The fourth-order valence-electron chi connectivity index (χ4n) is 2.12. The first-order chi connectivity index (χ1) is 8.27. The van der Waals surface area contributed by atoms with Gasteiger partial charge in [-0.15, -0.1) is 0 Å². The van der Waals surface area contributed by atoms with Crippen LogP contribution < -0.4 is 5.32 Å². The van der Waals surface area contributed by atoms with Crippen LogP contribution in [0.5, 0.6) is 0 Å². The van der Waals surface area contributed by atoms with Crippen LogP contribution in [0.3, 0.4) is 0 Å². The van der Waals surface area contributed by atoms with Crippen LogP contribution in [0.2, 0.25) is 0 Å². The first kappa shape index (κ1) is 13.0.